The predicted molar refractivity (Wildman–Crippen MR) is 169 cm³/mol. The predicted octanol–water partition coefficient (Wildman–Crippen LogP) is 6.79. The molecule has 0 amide bonds. The molecule has 0 atom stereocenters. The van der Waals surface area contributed by atoms with Crippen molar-refractivity contribution >= 4 is 102 Å². The van der Waals surface area contributed by atoms with Gasteiger partial charge in [0.2, 0.25) is 0 Å². The van der Waals surface area contributed by atoms with Crippen LogP contribution in [0.25, 0.3) is 32.7 Å². The molecule has 192 valence electrons. The van der Waals surface area contributed by atoms with E-state index in [0.717, 1.165) is 32.7 Å². The van der Waals surface area contributed by atoms with Crippen molar-refractivity contribution in [3.05, 3.63) is 126 Å². The monoisotopic (exact) mass is 633 g/mol. The molecule has 6 nitrogen and oxygen atoms in total. The molecule has 0 aliphatic carbocycles. The number of rotatable bonds is 6. The van der Waals surface area contributed by atoms with Gasteiger partial charge in [-0.3, -0.25) is 0 Å². The number of fused-ring (bicyclic) bond motifs is 3. The molecule has 6 aromatic rings. The van der Waals surface area contributed by atoms with Crippen molar-refractivity contribution in [2.45, 2.75) is 0 Å². The van der Waals surface area contributed by atoms with Gasteiger partial charge in [0.1, 0.15) is 0 Å². The molecule has 6 rings (SSSR count). The molecular weight excluding hydrogens is 616 g/mol. The summed E-state index contributed by atoms with van der Waals surface area (Å²) in [4.78, 5) is 13.9. The van der Waals surface area contributed by atoms with Gasteiger partial charge in [-0.15, -0.1) is 0 Å². The average Bonchev–Trinajstić information content (AvgIpc) is 3.00. The second kappa shape index (κ2) is 11.7. The van der Waals surface area contributed by atoms with E-state index >= 15 is 0 Å². The number of aromatic nitrogens is 3. The molecule has 3 aromatic carbocycles. The molecule has 0 unspecified atom stereocenters. The number of hydrogen-bond acceptors (Lipinski definition) is 9. The summed E-state index contributed by atoms with van der Waals surface area (Å²) in [5.41, 5.74) is 3.85. The van der Waals surface area contributed by atoms with Crippen LogP contribution in [0, 0.1) is 0 Å². The minimum absolute atomic E-state index is 0.138. The van der Waals surface area contributed by atoms with Crippen molar-refractivity contribution < 1.29 is 10.6 Å². The Kier molecular flexibility index (Phi) is 7.76. The van der Waals surface area contributed by atoms with Crippen LogP contribution in [0.2, 0.25) is 0 Å². The van der Waals surface area contributed by atoms with E-state index < -0.39 is 17.3 Å². The fourth-order valence-corrected chi connectivity index (χ4v) is 7.78. The molecule has 40 heavy (non-hydrogen) atoms. The number of nitrogens with zero attached hydrogens (tertiary/aromatic N) is 3. The molecule has 0 saturated carbocycles. The Morgan fingerprint density at radius 3 is 1.05 bits per heavy atom. The third-order valence-electron chi connectivity index (χ3n) is 6.03. The first kappa shape index (κ1) is 26.4. The standard InChI is InChI=1S/3C10H7NOS.Ga/c3*12-10(13)9-6-5-7-3-1-2-4-8(7)11-9;/h3*1-6H,(H,12,13);/q;;;+3/p-3. The van der Waals surface area contributed by atoms with Crippen LogP contribution >= 0.6 is 36.7 Å². The SMILES string of the molecule is S=C([O][Ga]([O]C(=S)c1ccc2ccccc2n1)[O]C(=S)c1ccc2ccccc2n1)c1ccc2ccccc2n1. The quantitative estimate of drug-likeness (QED) is 0.146. The van der Waals surface area contributed by atoms with Gasteiger partial charge in [0, 0.05) is 0 Å². The van der Waals surface area contributed by atoms with Crippen molar-refractivity contribution in [1.82, 2.24) is 15.0 Å². The molecule has 0 bridgehead atoms. The van der Waals surface area contributed by atoms with Crippen molar-refractivity contribution in [3.63, 3.8) is 0 Å². The zero-order valence-corrected chi connectivity index (χ0v) is 25.6. The second-order valence-electron chi connectivity index (χ2n) is 8.67. The first-order valence-electron chi connectivity index (χ1n) is 12.2. The molecule has 0 N–H and O–H groups in total. The molecule has 3 aromatic heterocycles. The Morgan fingerprint density at radius 2 is 0.725 bits per heavy atom. The molecule has 0 spiro atoms. The molecule has 0 fully saturated rings. The normalized spacial score (nSPS) is 10.8. The van der Waals surface area contributed by atoms with Crippen LogP contribution in [0.1, 0.15) is 17.1 Å². The molecule has 10 heteroatoms. The van der Waals surface area contributed by atoms with Gasteiger partial charge in [-0.2, -0.15) is 0 Å². The first-order chi connectivity index (χ1) is 19.5. The summed E-state index contributed by atoms with van der Waals surface area (Å²) >= 11 is 13.1. The summed E-state index contributed by atoms with van der Waals surface area (Å²) in [6.45, 7) is 0. The molecule has 0 saturated heterocycles. The zero-order chi connectivity index (χ0) is 27.5. The Hall–Kier alpha value is -3.80. The molecule has 0 aliphatic heterocycles. The van der Waals surface area contributed by atoms with E-state index in [1.54, 1.807) is 18.2 Å². The molecular formula is C30H18GaN3O3S3. The maximum atomic E-state index is 6.13. The fraction of sp³-hybridized carbons (Fsp3) is 0. The summed E-state index contributed by atoms with van der Waals surface area (Å²) in [6, 6.07) is 34.5. The second-order valence-corrected chi connectivity index (χ2v) is 12.5. The van der Waals surface area contributed by atoms with Crippen molar-refractivity contribution in [1.29, 1.82) is 0 Å². The van der Waals surface area contributed by atoms with Crippen molar-refractivity contribution in [3.8, 4) is 0 Å². The maximum absolute atomic E-state index is 6.13. The van der Waals surface area contributed by atoms with Crippen LogP contribution in [-0.2, 0) is 10.6 Å². The minimum atomic E-state index is -3.75. The van der Waals surface area contributed by atoms with Crippen LogP contribution in [-0.4, -0.2) is 47.4 Å². The van der Waals surface area contributed by atoms with Crippen LogP contribution in [0.3, 0.4) is 0 Å². The summed E-state index contributed by atoms with van der Waals surface area (Å²) in [5.74, 6) is 0. The van der Waals surface area contributed by atoms with E-state index in [4.69, 9.17) is 47.2 Å². The Labute approximate surface area is 252 Å². The van der Waals surface area contributed by atoms with E-state index in [-0.39, 0.29) is 15.2 Å². The molecule has 0 radical (unpaired) electrons. The van der Waals surface area contributed by atoms with Gasteiger partial charge in [-0.1, -0.05) is 0 Å². The van der Waals surface area contributed by atoms with Gasteiger partial charge < -0.3 is 0 Å². The van der Waals surface area contributed by atoms with Gasteiger partial charge in [0.15, 0.2) is 0 Å². The van der Waals surface area contributed by atoms with Gasteiger partial charge in [0.25, 0.3) is 0 Å². The number of pyridine rings is 3. The Morgan fingerprint density at radius 1 is 0.425 bits per heavy atom. The van der Waals surface area contributed by atoms with Gasteiger partial charge in [0.05, 0.1) is 0 Å². The van der Waals surface area contributed by atoms with E-state index in [2.05, 4.69) is 15.0 Å². The molecule has 0 aliphatic rings. The summed E-state index contributed by atoms with van der Waals surface area (Å²) in [6.07, 6.45) is 0. The number of para-hydroxylation sites is 3. The summed E-state index contributed by atoms with van der Waals surface area (Å²) < 4.78 is 18.4. The number of benzene rings is 3. The summed E-state index contributed by atoms with van der Waals surface area (Å²) in [7, 11) is 0. The van der Waals surface area contributed by atoms with Crippen molar-refractivity contribution in [2.75, 3.05) is 0 Å². The number of thiocarbonyl (C=S) groups is 3. The van der Waals surface area contributed by atoms with Gasteiger partial charge >= 0.3 is 254 Å². The van der Waals surface area contributed by atoms with Crippen molar-refractivity contribution in [2.24, 2.45) is 0 Å². The third kappa shape index (κ3) is 5.86. The van der Waals surface area contributed by atoms with E-state index in [1.807, 2.05) is 91.0 Å². The summed E-state index contributed by atoms with van der Waals surface area (Å²) in [5, 5.41) is 3.39. The van der Waals surface area contributed by atoms with Crippen LogP contribution in [0.15, 0.2) is 109 Å². The first-order valence-corrected chi connectivity index (χ1v) is 16.4. The van der Waals surface area contributed by atoms with Crippen LogP contribution in [0.5, 0.6) is 0 Å². The van der Waals surface area contributed by atoms with Gasteiger partial charge in [-0.05, 0) is 0 Å². The third-order valence-corrected chi connectivity index (χ3v) is 10.7. The Balaban J connectivity index is 1.27. The number of hydrogen-bond donors (Lipinski definition) is 0. The zero-order valence-electron chi connectivity index (χ0n) is 20.8. The van der Waals surface area contributed by atoms with E-state index in [0.29, 0.717) is 17.1 Å². The molecule has 3 heterocycles. The van der Waals surface area contributed by atoms with Gasteiger partial charge in [-0.25, -0.2) is 0 Å². The fourth-order valence-electron chi connectivity index (χ4n) is 4.05. The van der Waals surface area contributed by atoms with Crippen LogP contribution in [0.4, 0.5) is 0 Å². The van der Waals surface area contributed by atoms with E-state index in [1.165, 1.54) is 0 Å². The Bertz CT molecular complexity index is 1710. The average molecular weight is 634 g/mol. The topological polar surface area (TPSA) is 66.4 Å². The van der Waals surface area contributed by atoms with E-state index in [9.17, 15) is 0 Å². The van der Waals surface area contributed by atoms with Crippen LogP contribution < -0.4 is 0 Å².